The smallest absolute Gasteiger partial charge is 0.135 e. The first-order valence-electron chi connectivity index (χ1n) is 5.17. The molecule has 1 atom stereocenters. The molecule has 0 spiro atoms. The highest BCUT2D eigenvalue weighted by Gasteiger charge is 2.22. The molecule has 0 saturated carbocycles. The Labute approximate surface area is 120 Å². The van der Waals surface area contributed by atoms with Crippen LogP contribution in [0.2, 0.25) is 0 Å². The number of rotatable bonds is 2. The lowest BCUT2D eigenvalue weighted by Crippen LogP contribution is -2.08. The van der Waals surface area contributed by atoms with Gasteiger partial charge in [-0.3, -0.25) is 0 Å². The van der Waals surface area contributed by atoms with E-state index in [1.165, 1.54) is 6.07 Å². The van der Waals surface area contributed by atoms with Crippen molar-refractivity contribution in [2.24, 2.45) is 0 Å². The molecule has 1 N–H and O–H groups in total. The Morgan fingerprint density at radius 2 is 1.47 bits per heavy atom. The van der Waals surface area contributed by atoms with Crippen molar-refractivity contribution >= 4 is 22.6 Å². The van der Waals surface area contributed by atoms with Gasteiger partial charge in [0.05, 0.1) is 5.56 Å². The summed E-state index contributed by atoms with van der Waals surface area (Å²) in [7, 11) is 0. The highest BCUT2D eigenvalue weighted by atomic mass is 127. The molecule has 0 heterocycles. The Bertz CT molecular complexity index is 607. The van der Waals surface area contributed by atoms with Gasteiger partial charge >= 0.3 is 0 Å². The van der Waals surface area contributed by atoms with Crippen LogP contribution in [0, 0.1) is 26.8 Å². The summed E-state index contributed by atoms with van der Waals surface area (Å²) < 4.78 is 53.1. The Kier molecular flexibility index (Phi) is 4.10. The van der Waals surface area contributed by atoms with Gasteiger partial charge < -0.3 is 5.11 Å². The third-order valence-electron chi connectivity index (χ3n) is 2.57. The SMILES string of the molecule is OC(c1ccc(F)cc1I)c1c(F)cc(F)cc1F. The van der Waals surface area contributed by atoms with E-state index in [2.05, 4.69) is 0 Å². The van der Waals surface area contributed by atoms with Crippen LogP contribution in [0.25, 0.3) is 0 Å². The summed E-state index contributed by atoms with van der Waals surface area (Å²) in [6.45, 7) is 0. The third-order valence-corrected chi connectivity index (χ3v) is 3.51. The van der Waals surface area contributed by atoms with Crippen LogP contribution in [0.5, 0.6) is 0 Å². The molecule has 2 rings (SSSR count). The van der Waals surface area contributed by atoms with E-state index in [1.54, 1.807) is 22.6 Å². The van der Waals surface area contributed by atoms with E-state index < -0.39 is 34.9 Å². The Morgan fingerprint density at radius 3 is 2.00 bits per heavy atom. The minimum absolute atomic E-state index is 0.145. The zero-order valence-corrected chi connectivity index (χ0v) is 11.5. The van der Waals surface area contributed by atoms with Crippen LogP contribution < -0.4 is 0 Å². The highest BCUT2D eigenvalue weighted by molar-refractivity contribution is 14.1. The molecule has 2 aromatic carbocycles. The molecule has 0 bridgehead atoms. The molecule has 19 heavy (non-hydrogen) atoms. The first kappa shape index (κ1) is 14.3. The Morgan fingerprint density at radius 1 is 0.895 bits per heavy atom. The van der Waals surface area contributed by atoms with E-state index in [0.29, 0.717) is 15.7 Å². The van der Waals surface area contributed by atoms with Crippen LogP contribution in [-0.2, 0) is 0 Å². The van der Waals surface area contributed by atoms with E-state index in [-0.39, 0.29) is 5.56 Å². The molecule has 0 amide bonds. The highest BCUT2D eigenvalue weighted by Crippen LogP contribution is 2.30. The molecule has 100 valence electrons. The van der Waals surface area contributed by atoms with Gasteiger partial charge in [0.15, 0.2) is 0 Å². The fraction of sp³-hybridized carbons (Fsp3) is 0.0769. The van der Waals surface area contributed by atoms with Crippen molar-refractivity contribution in [3.63, 3.8) is 0 Å². The van der Waals surface area contributed by atoms with Crippen LogP contribution in [0.4, 0.5) is 17.6 Å². The number of aliphatic hydroxyl groups excluding tert-OH is 1. The average molecular weight is 382 g/mol. The molecule has 0 aliphatic carbocycles. The molecule has 2 aromatic rings. The van der Waals surface area contributed by atoms with E-state index in [9.17, 15) is 22.7 Å². The largest absolute Gasteiger partial charge is 0.383 e. The first-order chi connectivity index (χ1) is 8.90. The lowest BCUT2D eigenvalue weighted by molar-refractivity contribution is 0.207. The first-order valence-corrected chi connectivity index (χ1v) is 6.25. The Hall–Kier alpha value is -1.15. The molecule has 0 saturated heterocycles. The van der Waals surface area contributed by atoms with E-state index in [1.807, 2.05) is 0 Å². The minimum Gasteiger partial charge on any atom is -0.383 e. The van der Waals surface area contributed by atoms with E-state index in [0.717, 1.165) is 12.1 Å². The maximum atomic E-state index is 13.5. The summed E-state index contributed by atoms with van der Waals surface area (Å²) >= 11 is 1.74. The van der Waals surface area contributed by atoms with Gasteiger partial charge in [0, 0.05) is 15.7 Å². The van der Waals surface area contributed by atoms with Crippen LogP contribution in [-0.4, -0.2) is 5.11 Å². The van der Waals surface area contributed by atoms with Crippen molar-refractivity contribution in [1.82, 2.24) is 0 Å². The van der Waals surface area contributed by atoms with E-state index >= 15 is 0 Å². The average Bonchev–Trinajstić information content (AvgIpc) is 2.26. The number of hydrogen-bond donors (Lipinski definition) is 1. The number of benzene rings is 2. The van der Waals surface area contributed by atoms with Crippen LogP contribution in [0.15, 0.2) is 30.3 Å². The van der Waals surface area contributed by atoms with E-state index in [4.69, 9.17) is 0 Å². The van der Waals surface area contributed by atoms with Crippen molar-refractivity contribution in [2.75, 3.05) is 0 Å². The van der Waals surface area contributed by atoms with Gasteiger partial charge in [-0.2, -0.15) is 0 Å². The molecule has 1 nitrogen and oxygen atoms in total. The second-order valence-corrected chi connectivity index (χ2v) is 5.01. The summed E-state index contributed by atoms with van der Waals surface area (Å²) in [5, 5.41) is 9.99. The summed E-state index contributed by atoms with van der Waals surface area (Å²) in [5.41, 5.74) is -0.516. The van der Waals surface area contributed by atoms with Gasteiger partial charge in [0.2, 0.25) is 0 Å². The molecule has 0 radical (unpaired) electrons. The van der Waals surface area contributed by atoms with Gasteiger partial charge in [-0.1, -0.05) is 6.07 Å². The monoisotopic (exact) mass is 382 g/mol. The maximum absolute atomic E-state index is 13.5. The van der Waals surface area contributed by atoms with Crippen LogP contribution >= 0.6 is 22.6 Å². The molecular formula is C13H7F4IO. The maximum Gasteiger partial charge on any atom is 0.135 e. The molecule has 1 unspecified atom stereocenters. The topological polar surface area (TPSA) is 20.2 Å². The lowest BCUT2D eigenvalue weighted by atomic mass is 10.0. The van der Waals surface area contributed by atoms with Gasteiger partial charge in [0.1, 0.15) is 29.4 Å². The summed E-state index contributed by atoms with van der Waals surface area (Å²) in [4.78, 5) is 0. The second kappa shape index (κ2) is 5.46. The van der Waals surface area contributed by atoms with Crippen molar-refractivity contribution in [3.8, 4) is 0 Å². The van der Waals surface area contributed by atoms with Gasteiger partial charge in [-0.05, 0) is 40.3 Å². The summed E-state index contributed by atoms with van der Waals surface area (Å²) in [6, 6.07) is 4.39. The third kappa shape index (κ3) is 2.89. The molecular weight excluding hydrogens is 375 g/mol. The lowest BCUT2D eigenvalue weighted by Gasteiger charge is -2.15. The molecule has 0 aliphatic heterocycles. The quantitative estimate of drug-likeness (QED) is 0.617. The summed E-state index contributed by atoms with van der Waals surface area (Å²) in [6.07, 6.45) is -1.63. The zero-order chi connectivity index (χ0) is 14.2. The zero-order valence-electron chi connectivity index (χ0n) is 9.30. The minimum atomic E-state index is -1.63. The van der Waals surface area contributed by atoms with Gasteiger partial charge in [0.25, 0.3) is 0 Å². The number of halogens is 5. The van der Waals surface area contributed by atoms with Gasteiger partial charge in [-0.15, -0.1) is 0 Å². The molecule has 0 aromatic heterocycles. The van der Waals surface area contributed by atoms with Crippen molar-refractivity contribution < 1.29 is 22.7 Å². The Balaban J connectivity index is 2.53. The van der Waals surface area contributed by atoms with Crippen molar-refractivity contribution in [3.05, 3.63) is 68.3 Å². The predicted octanol–water partition coefficient (Wildman–Crippen LogP) is 3.93. The van der Waals surface area contributed by atoms with Crippen molar-refractivity contribution in [2.45, 2.75) is 6.10 Å². The summed E-state index contributed by atoms with van der Waals surface area (Å²) in [5.74, 6) is -3.98. The fourth-order valence-electron chi connectivity index (χ4n) is 1.69. The fourth-order valence-corrected chi connectivity index (χ4v) is 2.47. The van der Waals surface area contributed by atoms with Crippen LogP contribution in [0.3, 0.4) is 0 Å². The molecule has 0 aliphatic rings. The van der Waals surface area contributed by atoms with Crippen LogP contribution in [0.1, 0.15) is 17.2 Å². The number of aliphatic hydroxyl groups is 1. The van der Waals surface area contributed by atoms with Gasteiger partial charge in [-0.25, -0.2) is 17.6 Å². The second-order valence-electron chi connectivity index (χ2n) is 3.85. The predicted molar refractivity (Wildman–Crippen MR) is 69.5 cm³/mol. The standard InChI is InChI=1S/C13H7F4IO/c14-6-1-2-8(11(18)5-6)13(19)12-9(16)3-7(15)4-10(12)17/h1-5,13,19H. The molecule has 6 heteroatoms. The number of hydrogen-bond acceptors (Lipinski definition) is 1. The molecule has 0 fully saturated rings. The van der Waals surface area contributed by atoms with Crippen molar-refractivity contribution in [1.29, 1.82) is 0 Å². The normalized spacial score (nSPS) is 12.5.